The molecular formula is C50H58N4Si2. The molecule has 0 unspecified atom stereocenters. The number of aromatic nitrogens is 4. The smallest absolute Gasteiger partial charge is 0.146 e. The summed E-state index contributed by atoms with van der Waals surface area (Å²) in [5, 5.41) is 7.21. The molecule has 56 heavy (non-hydrogen) atoms. The summed E-state index contributed by atoms with van der Waals surface area (Å²) in [4.78, 5) is 15.7. The maximum absolute atomic E-state index is 4.05. The number of hydrogen-bond acceptors (Lipinski definition) is 0. The van der Waals surface area contributed by atoms with Gasteiger partial charge in [-0.15, -0.1) is 11.1 Å². The fraction of sp³-hybridized carbons (Fsp3) is 0.360. The molecule has 0 spiro atoms. The van der Waals surface area contributed by atoms with Crippen molar-refractivity contribution in [2.24, 2.45) is 0 Å². The summed E-state index contributed by atoms with van der Waals surface area (Å²) < 4.78 is 0. The van der Waals surface area contributed by atoms with Crippen molar-refractivity contribution in [1.29, 1.82) is 0 Å². The average Bonchev–Trinajstić information content (AvgIpc) is 3.15. The predicted molar refractivity (Wildman–Crippen MR) is 251 cm³/mol. The van der Waals surface area contributed by atoms with Crippen molar-refractivity contribution >= 4 is 92.6 Å². The number of fused-ring (bicyclic) bond motifs is 8. The van der Waals surface area contributed by atoms with Crippen LogP contribution in [0.25, 0.3) is 76.5 Å². The van der Waals surface area contributed by atoms with Gasteiger partial charge in [0.2, 0.25) is 0 Å². The van der Waals surface area contributed by atoms with E-state index in [4.69, 9.17) is 0 Å². The Bertz CT molecular complexity index is 2580. The first-order valence-electron chi connectivity index (χ1n) is 20.9. The van der Waals surface area contributed by atoms with Crippen molar-refractivity contribution in [2.75, 3.05) is 0 Å². The van der Waals surface area contributed by atoms with Gasteiger partial charge in [-0.25, -0.2) is 0 Å². The molecule has 0 radical (unpaired) electrons. The van der Waals surface area contributed by atoms with Crippen LogP contribution in [-0.2, 0) is 0 Å². The Balaban J connectivity index is 1.58. The molecule has 0 bridgehead atoms. The Morgan fingerprint density at radius 1 is 0.375 bits per heavy atom. The molecule has 8 aromatic rings. The monoisotopic (exact) mass is 770 g/mol. The van der Waals surface area contributed by atoms with Gasteiger partial charge in [-0.2, -0.15) is 0 Å². The van der Waals surface area contributed by atoms with Crippen LogP contribution in [0.2, 0.25) is 33.2 Å². The van der Waals surface area contributed by atoms with Gasteiger partial charge in [-0.3, -0.25) is 0 Å². The molecule has 0 saturated heterocycles. The number of nitrogens with one attached hydrogen (secondary N) is 4. The van der Waals surface area contributed by atoms with Crippen molar-refractivity contribution in [3.05, 3.63) is 83.9 Å². The van der Waals surface area contributed by atoms with E-state index in [1.54, 1.807) is 0 Å². The van der Waals surface area contributed by atoms with Crippen molar-refractivity contribution in [2.45, 2.75) is 116 Å². The topological polar surface area (TPSA) is 63.2 Å². The van der Waals surface area contributed by atoms with Crippen LogP contribution in [0.1, 0.15) is 94.2 Å². The summed E-state index contributed by atoms with van der Waals surface area (Å²) in [7, 11) is -3.97. The predicted octanol–water partition coefficient (Wildman–Crippen LogP) is 14.8. The second kappa shape index (κ2) is 13.9. The zero-order valence-electron chi connectivity index (χ0n) is 35.4. The van der Waals surface area contributed by atoms with E-state index in [-0.39, 0.29) is 0 Å². The molecule has 0 atom stereocenters. The standard InChI is InChI=1S/C50H58N4Si2/c1-29(2)55(30(3)4,31(5)6)23-21-35-25-37-45-38(26-35)48-50(54-44-20-16-14-18-42(44)52-48)40-28-36(22-24-56(32(7)8,33(9)10)34(11)12)27-39(46(40)45)49-47(37)51-41-17-13-15-19-43(41)53-49/h13-20,25-34,51-54H,1-12H3. The lowest BCUT2D eigenvalue weighted by Gasteiger charge is -2.38. The van der Waals surface area contributed by atoms with E-state index in [0.717, 1.165) is 55.3 Å². The lowest BCUT2D eigenvalue weighted by atomic mass is 9.89. The molecule has 0 saturated carbocycles. The first-order chi connectivity index (χ1) is 26.7. The Morgan fingerprint density at radius 3 is 0.821 bits per heavy atom. The fourth-order valence-electron chi connectivity index (χ4n) is 11.0. The largest absolute Gasteiger partial charge is 0.352 e. The third-order valence-corrected chi connectivity index (χ3v) is 26.2. The van der Waals surface area contributed by atoms with Crippen LogP contribution in [0, 0.1) is 22.9 Å². The van der Waals surface area contributed by atoms with Crippen molar-refractivity contribution in [3.63, 3.8) is 0 Å². The quantitative estimate of drug-likeness (QED) is 0.0563. The molecule has 0 aliphatic rings. The van der Waals surface area contributed by atoms with Crippen molar-refractivity contribution < 1.29 is 0 Å². The number of rotatable bonds is 6. The summed E-state index contributed by atoms with van der Waals surface area (Å²) in [5.41, 5.74) is 22.2. The molecule has 2 heterocycles. The lowest BCUT2D eigenvalue weighted by Crippen LogP contribution is -2.43. The van der Waals surface area contributed by atoms with Gasteiger partial charge >= 0.3 is 0 Å². The number of hydrogen-bond donors (Lipinski definition) is 4. The molecule has 0 aliphatic heterocycles. The highest BCUT2D eigenvalue weighted by Crippen LogP contribution is 2.46. The number of aromatic amines is 4. The average molecular weight is 771 g/mol. The normalized spacial score (nSPS) is 13.0. The molecular weight excluding hydrogens is 713 g/mol. The van der Waals surface area contributed by atoms with Crippen molar-refractivity contribution in [3.8, 4) is 22.9 Å². The van der Waals surface area contributed by atoms with Gasteiger partial charge < -0.3 is 19.9 Å². The highest BCUT2D eigenvalue weighted by Gasteiger charge is 2.42. The van der Waals surface area contributed by atoms with Gasteiger partial charge in [0.05, 0.1) is 44.1 Å². The fourth-order valence-corrected chi connectivity index (χ4v) is 21.4. The Labute approximate surface area is 334 Å². The van der Waals surface area contributed by atoms with Crippen LogP contribution < -0.4 is 0 Å². The van der Waals surface area contributed by atoms with E-state index >= 15 is 0 Å². The van der Waals surface area contributed by atoms with Gasteiger partial charge in [0.15, 0.2) is 0 Å². The van der Waals surface area contributed by atoms with E-state index in [2.05, 4.69) is 199 Å². The first-order valence-corrected chi connectivity index (χ1v) is 25.3. The van der Waals surface area contributed by atoms with Crippen LogP contribution in [0.15, 0.2) is 72.8 Å². The van der Waals surface area contributed by atoms with E-state index in [0.29, 0.717) is 33.2 Å². The van der Waals surface area contributed by atoms with Crippen LogP contribution in [0.3, 0.4) is 0 Å². The zero-order chi connectivity index (χ0) is 39.8. The SMILES string of the molecule is CC(C)[Si](C#Cc1cc2c3[nH]c4ccccc4[nH]c3c3cc(C#C[Si](C(C)C)(C(C)C)C(C)C)cc4c5[nH]c6ccccc6[nH]c5c(c1)c2c34)(C(C)C)C(C)C. The summed E-state index contributed by atoms with van der Waals surface area (Å²) >= 11 is 0. The molecule has 0 fully saturated rings. The van der Waals surface area contributed by atoms with Crippen LogP contribution in [-0.4, -0.2) is 36.1 Å². The van der Waals surface area contributed by atoms with Gasteiger partial charge in [0, 0.05) is 43.4 Å². The molecule has 2 aromatic heterocycles. The molecule has 6 heteroatoms. The van der Waals surface area contributed by atoms with Crippen LogP contribution in [0.5, 0.6) is 0 Å². The van der Waals surface area contributed by atoms with Gasteiger partial charge in [-0.1, -0.05) is 119 Å². The maximum atomic E-state index is 4.05. The number of para-hydroxylation sites is 4. The molecule has 4 N–H and O–H groups in total. The van der Waals surface area contributed by atoms with E-state index in [1.807, 2.05) is 0 Å². The van der Waals surface area contributed by atoms with E-state index < -0.39 is 16.1 Å². The minimum Gasteiger partial charge on any atom is -0.352 e. The second-order valence-corrected chi connectivity index (χ2v) is 29.4. The zero-order valence-corrected chi connectivity index (χ0v) is 37.4. The third-order valence-electron chi connectivity index (χ3n) is 13.6. The highest BCUT2D eigenvalue weighted by molar-refractivity contribution is 6.91. The highest BCUT2D eigenvalue weighted by atomic mass is 28.3. The van der Waals surface area contributed by atoms with E-state index in [9.17, 15) is 0 Å². The van der Waals surface area contributed by atoms with Gasteiger partial charge in [0.1, 0.15) is 16.1 Å². The van der Waals surface area contributed by atoms with Crippen LogP contribution in [0.4, 0.5) is 0 Å². The Kier molecular flexibility index (Phi) is 9.46. The van der Waals surface area contributed by atoms with Gasteiger partial charge in [-0.05, 0) is 81.8 Å². The lowest BCUT2D eigenvalue weighted by molar-refractivity contribution is 0.838. The molecule has 0 amide bonds. The van der Waals surface area contributed by atoms with Crippen LogP contribution >= 0.6 is 0 Å². The molecule has 286 valence electrons. The molecule has 4 nitrogen and oxygen atoms in total. The molecule has 8 rings (SSSR count). The minimum atomic E-state index is -1.98. The summed E-state index contributed by atoms with van der Waals surface area (Å²) in [6.07, 6.45) is 0. The summed E-state index contributed by atoms with van der Waals surface area (Å²) in [6.45, 7) is 28.7. The first kappa shape index (κ1) is 38.0. The number of benzene rings is 6. The Hall–Kier alpha value is -4.89. The molecule has 6 aromatic carbocycles. The van der Waals surface area contributed by atoms with E-state index in [1.165, 1.54) is 32.3 Å². The maximum Gasteiger partial charge on any atom is 0.146 e. The summed E-state index contributed by atoms with van der Waals surface area (Å²) in [5.74, 6) is 7.70. The minimum absolute atomic E-state index is 0.553. The Morgan fingerprint density at radius 2 is 0.607 bits per heavy atom. The van der Waals surface area contributed by atoms with Crippen molar-refractivity contribution in [1.82, 2.24) is 19.9 Å². The number of H-pyrrole nitrogens is 4. The van der Waals surface area contributed by atoms with Gasteiger partial charge in [0.25, 0.3) is 0 Å². The third kappa shape index (κ3) is 5.71. The second-order valence-electron chi connectivity index (χ2n) is 18.3. The molecule has 0 aliphatic carbocycles. The summed E-state index contributed by atoms with van der Waals surface area (Å²) in [6, 6.07) is 26.5.